The Morgan fingerprint density at radius 2 is 1.90 bits per heavy atom. The first-order valence-electron chi connectivity index (χ1n) is 10.8. The highest BCUT2D eigenvalue weighted by Crippen LogP contribution is 2.37. The molecule has 29 heavy (non-hydrogen) atoms. The Bertz CT molecular complexity index is 773. The van der Waals surface area contributed by atoms with Gasteiger partial charge in [-0.1, -0.05) is 20.3 Å². The van der Waals surface area contributed by atoms with Crippen LogP contribution in [0.25, 0.3) is 0 Å². The van der Waals surface area contributed by atoms with Gasteiger partial charge >= 0.3 is 6.03 Å². The average Bonchev–Trinajstić information content (AvgIpc) is 3.14. The topological polar surface area (TPSA) is 104 Å². The molecule has 9 heteroatoms. The fraction of sp³-hybridized carbons (Fsp3) is 0.850. The van der Waals surface area contributed by atoms with E-state index >= 15 is 0 Å². The first-order chi connectivity index (χ1) is 13.6. The molecule has 3 rings (SSSR count). The van der Waals surface area contributed by atoms with Crippen molar-refractivity contribution in [2.75, 3.05) is 18.1 Å². The number of hydrogen-bond acceptors (Lipinski definition) is 5. The Balaban J connectivity index is 1.73. The van der Waals surface area contributed by atoms with Gasteiger partial charge in [0.2, 0.25) is 5.91 Å². The van der Waals surface area contributed by atoms with Crippen molar-refractivity contribution >= 4 is 27.7 Å². The second-order valence-corrected chi connectivity index (χ2v) is 11.1. The number of carbonyl (C=O) groups is 3. The molecule has 0 unspecified atom stereocenters. The number of sulfone groups is 1. The van der Waals surface area contributed by atoms with E-state index in [2.05, 4.69) is 12.2 Å². The van der Waals surface area contributed by atoms with Crippen LogP contribution >= 0.6 is 0 Å². The maximum Gasteiger partial charge on any atom is 0.325 e. The Morgan fingerprint density at radius 3 is 2.41 bits per heavy atom. The van der Waals surface area contributed by atoms with Crippen molar-refractivity contribution in [3.05, 3.63) is 0 Å². The fourth-order valence-corrected chi connectivity index (χ4v) is 6.67. The highest BCUT2D eigenvalue weighted by molar-refractivity contribution is 7.91. The van der Waals surface area contributed by atoms with E-state index in [1.54, 1.807) is 4.90 Å². The molecule has 3 aliphatic rings. The van der Waals surface area contributed by atoms with Crippen molar-refractivity contribution in [2.45, 2.75) is 83.3 Å². The van der Waals surface area contributed by atoms with E-state index in [4.69, 9.17) is 0 Å². The number of amides is 4. The SMILES string of the molecule is CCC1CCC2(CC1)NC(=O)N(CC(=O)N([C@@H]1CCS(=O)(=O)C1)[C@H](C)CC)C2=O. The van der Waals surface area contributed by atoms with Gasteiger partial charge < -0.3 is 10.2 Å². The number of urea groups is 1. The molecule has 2 atom stereocenters. The minimum Gasteiger partial charge on any atom is -0.334 e. The first-order valence-corrected chi connectivity index (χ1v) is 12.6. The van der Waals surface area contributed by atoms with Gasteiger partial charge in [0.25, 0.3) is 5.91 Å². The molecule has 0 aromatic heterocycles. The lowest BCUT2D eigenvalue weighted by molar-refractivity contribution is -0.142. The molecular formula is C20H33N3O5S. The van der Waals surface area contributed by atoms with Gasteiger partial charge in [0.1, 0.15) is 12.1 Å². The van der Waals surface area contributed by atoms with Crippen LogP contribution in [-0.2, 0) is 19.4 Å². The Labute approximate surface area is 173 Å². The van der Waals surface area contributed by atoms with Gasteiger partial charge in [0, 0.05) is 12.1 Å². The van der Waals surface area contributed by atoms with Crippen LogP contribution in [0.2, 0.25) is 0 Å². The lowest BCUT2D eigenvalue weighted by Gasteiger charge is -2.35. The number of nitrogens with zero attached hydrogens (tertiary/aromatic N) is 2. The zero-order chi connectivity index (χ0) is 21.4. The van der Waals surface area contributed by atoms with E-state index in [1.807, 2.05) is 13.8 Å². The summed E-state index contributed by atoms with van der Waals surface area (Å²) in [7, 11) is -3.15. The van der Waals surface area contributed by atoms with Gasteiger partial charge in [-0.05, 0) is 51.4 Å². The van der Waals surface area contributed by atoms with Crippen molar-refractivity contribution < 1.29 is 22.8 Å². The largest absolute Gasteiger partial charge is 0.334 e. The van der Waals surface area contributed by atoms with Crippen molar-refractivity contribution in [3.63, 3.8) is 0 Å². The molecule has 1 saturated carbocycles. The van der Waals surface area contributed by atoms with Gasteiger partial charge in [-0.25, -0.2) is 13.2 Å². The van der Waals surface area contributed by atoms with Gasteiger partial charge in [-0.3, -0.25) is 14.5 Å². The van der Waals surface area contributed by atoms with Crippen molar-refractivity contribution in [1.82, 2.24) is 15.1 Å². The summed E-state index contributed by atoms with van der Waals surface area (Å²) in [4.78, 5) is 41.4. The molecule has 2 heterocycles. The Kier molecular flexibility index (Phi) is 6.27. The van der Waals surface area contributed by atoms with Crippen molar-refractivity contribution in [1.29, 1.82) is 0 Å². The first kappa shape index (κ1) is 22.1. The summed E-state index contributed by atoms with van der Waals surface area (Å²) in [5, 5.41) is 2.85. The van der Waals surface area contributed by atoms with Gasteiger partial charge in [-0.2, -0.15) is 0 Å². The Morgan fingerprint density at radius 1 is 1.24 bits per heavy atom. The van der Waals surface area contributed by atoms with E-state index in [9.17, 15) is 22.8 Å². The predicted molar refractivity (Wildman–Crippen MR) is 109 cm³/mol. The summed E-state index contributed by atoms with van der Waals surface area (Å²) < 4.78 is 23.8. The van der Waals surface area contributed by atoms with Crippen LogP contribution < -0.4 is 5.32 Å². The average molecular weight is 428 g/mol. The maximum atomic E-state index is 13.1. The van der Waals surface area contributed by atoms with Crippen LogP contribution in [0.1, 0.15) is 65.7 Å². The summed E-state index contributed by atoms with van der Waals surface area (Å²) in [6, 6.07) is -1.06. The standard InChI is InChI=1S/C20H33N3O5S/c1-4-14(3)23(16-8-11-29(27,28)13-16)17(24)12-22-18(25)20(21-19(22)26)9-6-15(5-2)7-10-20/h14-16H,4-13H2,1-3H3,(H,21,26)/t14-,15?,16-,20?/m1/s1. The highest BCUT2D eigenvalue weighted by atomic mass is 32.2. The molecular weight excluding hydrogens is 394 g/mol. The second-order valence-electron chi connectivity index (χ2n) is 8.87. The molecule has 3 fully saturated rings. The van der Waals surface area contributed by atoms with E-state index in [0.717, 1.165) is 24.2 Å². The minimum absolute atomic E-state index is 0.0500. The summed E-state index contributed by atoms with van der Waals surface area (Å²) in [5.74, 6) is -0.0714. The third-order valence-corrected chi connectivity index (χ3v) is 8.78. The van der Waals surface area contributed by atoms with Crippen LogP contribution in [0.4, 0.5) is 4.79 Å². The van der Waals surface area contributed by atoms with Crippen LogP contribution in [0, 0.1) is 5.92 Å². The second kappa shape index (κ2) is 8.24. The summed E-state index contributed by atoms with van der Waals surface area (Å²) in [6.07, 6.45) is 5.14. The molecule has 2 saturated heterocycles. The molecule has 1 spiro atoms. The Hall–Kier alpha value is -1.64. The molecule has 8 nitrogen and oxygen atoms in total. The third kappa shape index (κ3) is 4.29. The van der Waals surface area contributed by atoms with E-state index in [-0.39, 0.29) is 35.9 Å². The third-order valence-electron chi connectivity index (χ3n) is 7.03. The number of hydrogen-bond donors (Lipinski definition) is 1. The van der Waals surface area contributed by atoms with Crippen LogP contribution in [0.15, 0.2) is 0 Å². The molecule has 0 aromatic carbocycles. The maximum absolute atomic E-state index is 13.1. The van der Waals surface area contributed by atoms with E-state index in [0.29, 0.717) is 31.6 Å². The lowest BCUT2D eigenvalue weighted by Crippen LogP contribution is -2.52. The fourth-order valence-electron chi connectivity index (χ4n) is 4.96. The molecule has 1 aliphatic carbocycles. The van der Waals surface area contributed by atoms with Crippen molar-refractivity contribution in [2.24, 2.45) is 5.92 Å². The monoisotopic (exact) mass is 427 g/mol. The molecule has 164 valence electrons. The van der Waals surface area contributed by atoms with E-state index in [1.165, 1.54) is 0 Å². The van der Waals surface area contributed by atoms with E-state index < -0.39 is 27.4 Å². The molecule has 4 amide bonds. The summed E-state index contributed by atoms with van der Waals surface area (Å²) >= 11 is 0. The number of nitrogens with one attached hydrogen (secondary N) is 1. The van der Waals surface area contributed by atoms with Crippen molar-refractivity contribution in [3.8, 4) is 0 Å². The van der Waals surface area contributed by atoms with Crippen LogP contribution in [0.3, 0.4) is 0 Å². The molecule has 0 aromatic rings. The van der Waals surface area contributed by atoms with Crippen LogP contribution in [-0.4, -0.2) is 71.7 Å². The van der Waals surface area contributed by atoms with Crippen LogP contribution in [0.5, 0.6) is 0 Å². The smallest absolute Gasteiger partial charge is 0.325 e. The molecule has 1 N–H and O–H groups in total. The highest BCUT2D eigenvalue weighted by Gasteiger charge is 2.53. The molecule has 2 aliphatic heterocycles. The normalized spacial score (nSPS) is 32.4. The van der Waals surface area contributed by atoms with Gasteiger partial charge in [-0.15, -0.1) is 0 Å². The number of rotatable bonds is 6. The van der Waals surface area contributed by atoms with Gasteiger partial charge in [0.05, 0.1) is 11.5 Å². The lowest BCUT2D eigenvalue weighted by atomic mass is 9.75. The minimum atomic E-state index is -3.15. The number of carbonyl (C=O) groups excluding carboxylic acids is 3. The molecule has 0 radical (unpaired) electrons. The zero-order valence-corrected chi connectivity index (χ0v) is 18.5. The summed E-state index contributed by atoms with van der Waals surface area (Å²) in [6.45, 7) is 5.62. The quantitative estimate of drug-likeness (QED) is 0.650. The number of imide groups is 1. The van der Waals surface area contributed by atoms with Gasteiger partial charge in [0.15, 0.2) is 9.84 Å². The predicted octanol–water partition coefficient (Wildman–Crippen LogP) is 1.69. The molecule has 0 bridgehead atoms. The zero-order valence-electron chi connectivity index (χ0n) is 17.6. The summed E-state index contributed by atoms with van der Waals surface area (Å²) in [5.41, 5.74) is -0.874.